The van der Waals surface area contributed by atoms with E-state index in [9.17, 15) is 10.1 Å². The second kappa shape index (κ2) is 10.2. The van der Waals surface area contributed by atoms with Gasteiger partial charge in [-0.2, -0.15) is 0 Å². The summed E-state index contributed by atoms with van der Waals surface area (Å²) < 4.78 is 2.32. The van der Waals surface area contributed by atoms with Crippen molar-refractivity contribution in [1.29, 1.82) is 0 Å². The van der Waals surface area contributed by atoms with E-state index in [1.165, 1.54) is 16.5 Å². The molecular weight excluding hydrogens is 466 g/mol. The van der Waals surface area contributed by atoms with Gasteiger partial charge in [0.1, 0.15) is 5.69 Å². The van der Waals surface area contributed by atoms with Crippen LogP contribution in [0.25, 0.3) is 22.2 Å². The third kappa shape index (κ3) is 4.86. The van der Waals surface area contributed by atoms with Gasteiger partial charge >= 0.3 is 0 Å². The number of nitrogens with one attached hydrogen (secondary N) is 1. The van der Waals surface area contributed by atoms with Crippen LogP contribution in [-0.2, 0) is 19.4 Å². The monoisotopic (exact) mass is 499 g/mol. The molecule has 2 aromatic carbocycles. The fourth-order valence-electron chi connectivity index (χ4n) is 5.10. The number of rotatable bonds is 9. The molecule has 2 aromatic heterocycles. The Morgan fingerprint density at radius 1 is 1.16 bits per heavy atom. The van der Waals surface area contributed by atoms with Gasteiger partial charge in [0.25, 0.3) is 5.69 Å². The zero-order chi connectivity index (χ0) is 26.1. The smallest absolute Gasteiger partial charge is 0.294 e. The lowest BCUT2D eigenvalue weighted by Gasteiger charge is -2.23. The van der Waals surface area contributed by atoms with E-state index < -0.39 is 0 Å². The van der Waals surface area contributed by atoms with Crippen LogP contribution in [0.15, 0.2) is 48.8 Å². The molecule has 5 rings (SSSR count). The number of para-hydroxylation sites is 1. The highest BCUT2D eigenvalue weighted by Crippen LogP contribution is 2.37. The van der Waals surface area contributed by atoms with Crippen molar-refractivity contribution in [2.24, 2.45) is 0 Å². The average Bonchev–Trinajstić information content (AvgIpc) is 3.28. The minimum Gasteiger partial charge on any atom is -0.368 e. The Labute approximate surface area is 216 Å². The lowest BCUT2D eigenvalue weighted by Crippen LogP contribution is -2.29. The molecular formula is C28H33N7O2. The molecule has 9 heteroatoms. The molecule has 0 unspecified atom stereocenters. The van der Waals surface area contributed by atoms with Crippen LogP contribution in [0.1, 0.15) is 24.5 Å². The van der Waals surface area contributed by atoms with Crippen molar-refractivity contribution in [2.45, 2.75) is 32.7 Å². The normalized spacial score (nSPS) is 12.8. The van der Waals surface area contributed by atoms with Gasteiger partial charge in [0.15, 0.2) is 0 Å². The average molecular weight is 500 g/mol. The number of anilines is 3. The Bertz CT molecular complexity index is 1460. The van der Waals surface area contributed by atoms with Gasteiger partial charge in [-0.05, 0) is 56.6 Å². The van der Waals surface area contributed by atoms with E-state index in [2.05, 4.69) is 44.2 Å². The predicted octanol–water partition coefficient (Wildman–Crippen LogP) is 5.26. The van der Waals surface area contributed by atoms with Crippen LogP contribution >= 0.6 is 0 Å². The van der Waals surface area contributed by atoms with Crippen molar-refractivity contribution in [3.05, 3.63) is 70.0 Å². The van der Waals surface area contributed by atoms with Crippen LogP contribution in [0, 0.1) is 10.1 Å². The van der Waals surface area contributed by atoms with Crippen molar-refractivity contribution in [1.82, 2.24) is 19.4 Å². The Morgan fingerprint density at radius 2 is 2.00 bits per heavy atom. The first-order valence-corrected chi connectivity index (χ1v) is 12.7. The summed E-state index contributed by atoms with van der Waals surface area (Å²) in [7, 11) is 5.88. The highest BCUT2D eigenvalue weighted by atomic mass is 16.6. The van der Waals surface area contributed by atoms with Crippen LogP contribution in [0.2, 0.25) is 0 Å². The standard InChI is InChI=1S/C28H33N7O2/c1-5-19-16-25(33(4)15-14-32(2)3)26(35(36)37)17-24(19)31-28-29-12-11-23(30-28)22-18-34-13-7-9-20-8-6-10-21(22)27(20)34/h6,8,10-12,16-18H,5,7,9,13-15H2,1-4H3,(H,29,30,31). The summed E-state index contributed by atoms with van der Waals surface area (Å²) in [5.74, 6) is 0.419. The van der Waals surface area contributed by atoms with E-state index in [4.69, 9.17) is 4.98 Å². The van der Waals surface area contributed by atoms with Gasteiger partial charge < -0.3 is 19.7 Å². The maximum Gasteiger partial charge on any atom is 0.294 e. The molecule has 0 amide bonds. The molecule has 9 nitrogen and oxygen atoms in total. The number of nitro benzene ring substituents is 1. The lowest BCUT2D eigenvalue weighted by atomic mass is 10.0. The van der Waals surface area contributed by atoms with Crippen molar-refractivity contribution in [2.75, 3.05) is 44.4 Å². The quantitative estimate of drug-likeness (QED) is 0.248. The summed E-state index contributed by atoms with van der Waals surface area (Å²) in [5, 5.41) is 16.5. The van der Waals surface area contributed by atoms with E-state index in [1.54, 1.807) is 12.3 Å². The number of aromatic nitrogens is 3. The predicted molar refractivity (Wildman–Crippen MR) is 149 cm³/mol. The Morgan fingerprint density at radius 3 is 2.76 bits per heavy atom. The summed E-state index contributed by atoms with van der Waals surface area (Å²) >= 11 is 0. The Kier molecular flexibility index (Phi) is 6.80. The maximum absolute atomic E-state index is 12.0. The number of benzene rings is 2. The highest BCUT2D eigenvalue weighted by Gasteiger charge is 2.22. The van der Waals surface area contributed by atoms with Crippen LogP contribution in [0.3, 0.4) is 0 Å². The third-order valence-corrected chi connectivity index (χ3v) is 7.08. The van der Waals surface area contributed by atoms with Crippen LogP contribution < -0.4 is 10.2 Å². The lowest BCUT2D eigenvalue weighted by molar-refractivity contribution is -0.384. The van der Waals surface area contributed by atoms with Crippen LogP contribution in [-0.4, -0.2) is 58.6 Å². The van der Waals surface area contributed by atoms with Gasteiger partial charge in [0.2, 0.25) is 5.95 Å². The topological polar surface area (TPSA) is 92.4 Å². The number of hydrogen-bond donors (Lipinski definition) is 1. The van der Waals surface area contributed by atoms with Gasteiger partial charge in [0.05, 0.1) is 21.8 Å². The van der Waals surface area contributed by atoms with E-state index in [0.29, 0.717) is 30.3 Å². The molecule has 1 aliphatic rings. The van der Waals surface area contributed by atoms with Crippen LogP contribution in [0.5, 0.6) is 0 Å². The van der Waals surface area contributed by atoms with Gasteiger partial charge in [0, 0.05) is 56.1 Å². The highest BCUT2D eigenvalue weighted by molar-refractivity contribution is 5.97. The van der Waals surface area contributed by atoms with Crippen molar-refractivity contribution in [3.8, 4) is 11.3 Å². The molecule has 0 aliphatic carbocycles. The molecule has 0 saturated carbocycles. The van der Waals surface area contributed by atoms with E-state index in [1.807, 2.05) is 45.1 Å². The number of likely N-dealkylation sites (N-methyl/N-ethyl adjacent to an activating group) is 2. The summed E-state index contributed by atoms with van der Waals surface area (Å²) in [6.45, 7) is 4.53. The molecule has 1 aliphatic heterocycles. The SMILES string of the molecule is CCc1cc(N(C)CCN(C)C)c([N+](=O)[O-])cc1Nc1nccc(-c2cn3c4c(cccc24)CCC3)n1. The molecule has 37 heavy (non-hydrogen) atoms. The first-order valence-electron chi connectivity index (χ1n) is 12.7. The first-order chi connectivity index (χ1) is 17.9. The molecule has 3 heterocycles. The molecule has 0 atom stereocenters. The minimum atomic E-state index is -0.322. The zero-order valence-electron chi connectivity index (χ0n) is 21.9. The number of nitrogens with zero attached hydrogens (tertiary/aromatic N) is 6. The van der Waals surface area contributed by atoms with Crippen molar-refractivity contribution in [3.63, 3.8) is 0 Å². The van der Waals surface area contributed by atoms with Gasteiger partial charge in [-0.1, -0.05) is 25.1 Å². The first kappa shape index (κ1) is 24.7. The van der Waals surface area contributed by atoms with Crippen molar-refractivity contribution < 1.29 is 4.92 Å². The maximum atomic E-state index is 12.0. The summed E-state index contributed by atoms with van der Waals surface area (Å²) in [4.78, 5) is 24.9. The van der Waals surface area contributed by atoms with Gasteiger partial charge in [-0.3, -0.25) is 10.1 Å². The molecule has 0 saturated heterocycles. The number of nitro groups is 1. The van der Waals surface area contributed by atoms with Crippen LogP contribution in [0.4, 0.5) is 23.0 Å². The largest absolute Gasteiger partial charge is 0.368 e. The fourth-order valence-corrected chi connectivity index (χ4v) is 5.10. The zero-order valence-corrected chi connectivity index (χ0v) is 21.9. The summed E-state index contributed by atoms with van der Waals surface area (Å²) in [5.41, 5.74) is 6.85. The van der Waals surface area contributed by atoms with E-state index in [0.717, 1.165) is 42.8 Å². The second-order valence-corrected chi connectivity index (χ2v) is 9.88. The minimum absolute atomic E-state index is 0.0612. The molecule has 1 N–H and O–H groups in total. The van der Waals surface area contributed by atoms with Crippen molar-refractivity contribution >= 4 is 33.9 Å². The number of hydrogen-bond acceptors (Lipinski definition) is 7. The molecule has 0 fully saturated rings. The second-order valence-electron chi connectivity index (χ2n) is 9.88. The van der Waals surface area contributed by atoms with E-state index >= 15 is 0 Å². The third-order valence-electron chi connectivity index (χ3n) is 7.08. The number of aryl methyl sites for hydroxylation is 3. The molecule has 0 bridgehead atoms. The van der Waals surface area contributed by atoms with Gasteiger partial charge in [-0.25, -0.2) is 9.97 Å². The molecule has 4 aromatic rings. The molecule has 0 spiro atoms. The summed E-state index contributed by atoms with van der Waals surface area (Å²) in [6, 6.07) is 11.9. The Hall–Kier alpha value is -3.98. The summed E-state index contributed by atoms with van der Waals surface area (Å²) in [6.07, 6.45) is 6.86. The van der Waals surface area contributed by atoms with Gasteiger partial charge in [-0.15, -0.1) is 0 Å². The fraction of sp³-hybridized carbons (Fsp3) is 0.357. The van der Waals surface area contributed by atoms with E-state index in [-0.39, 0.29) is 10.6 Å². The Balaban J connectivity index is 1.50. The molecule has 0 radical (unpaired) electrons. The molecule has 192 valence electrons.